The van der Waals surface area contributed by atoms with Gasteiger partial charge in [-0.05, 0) is 35.9 Å². The van der Waals surface area contributed by atoms with Crippen LogP contribution in [0.4, 0.5) is 5.82 Å². The second-order valence-corrected chi connectivity index (χ2v) is 6.70. The van der Waals surface area contributed by atoms with Crippen molar-refractivity contribution in [1.29, 1.82) is 0 Å². The second kappa shape index (κ2) is 9.19. The highest BCUT2D eigenvalue weighted by molar-refractivity contribution is 5.99. The summed E-state index contributed by atoms with van der Waals surface area (Å²) in [5.41, 5.74) is 2.88. The molecule has 4 rings (SSSR count). The highest BCUT2D eigenvalue weighted by Crippen LogP contribution is 2.28. The number of hydrogen-bond donors (Lipinski definition) is 2. The van der Waals surface area contributed by atoms with Gasteiger partial charge < -0.3 is 19.8 Å². The zero-order valence-electron chi connectivity index (χ0n) is 16.6. The number of amides is 1. The number of carbonyl (C=O) groups is 1. The van der Waals surface area contributed by atoms with Gasteiger partial charge in [-0.15, -0.1) is 0 Å². The molecule has 0 spiro atoms. The van der Waals surface area contributed by atoms with Crippen LogP contribution in [0.3, 0.4) is 0 Å². The summed E-state index contributed by atoms with van der Waals surface area (Å²) in [5.74, 6) is 0.906. The van der Waals surface area contributed by atoms with E-state index in [-0.39, 0.29) is 5.91 Å². The van der Waals surface area contributed by atoms with Crippen molar-refractivity contribution < 1.29 is 13.9 Å². The molecule has 3 heterocycles. The number of furan rings is 1. The first-order valence-electron chi connectivity index (χ1n) is 9.64. The molecule has 0 unspecified atom stereocenters. The molecule has 0 saturated heterocycles. The van der Waals surface area contributed by atoms with Crippen LogP contribution >= 0.6 is 0 Å². The topological polar surface area (TPSA) is 89.3 Å². The monoisotopic (exact) mass is 402 g/mol. The van der Waals surface area contributed by atoms with Crippen LogP contribution in [0.25, 0.3) is 22.4 Å². The molecular formula is C23H22N4O3. The molecule has 3 aromatic heterocycles. The third-order valence-corrected chi connectivity index (χ3v) is 4.59. The average molecular weight is 402 g/mol. The lowest BCUT2D eigenvalue weighted by molar-refractivity contribution is 0.0937. The molecule has 2 N–H and O–H groups in total. The molecule has 1 aromatic carbocycles. The number of methoxy groups -OCH3 is 1. The third-order valence-electron chi connectivity index (χ3n) is 4.59. The number of anilines is 1. The first-order chi connectivity index (χ1) is 14.7. The molecule has 0 aliphatic rings. The molecule has 0 aliphatic heterocycles. The molecule has 7 heteroatoms. The number of hydrogen-bond acceptors (Lipinski definition) is 6. The number of para-hydroxylation sites is 1. The van der Waals surface area contributed by atoms with Gasteiger partial charge in [-0.1, -0.05) is 24.3 Å². The van der Waals surface area contributed by atoms with Crippen molar-refractivity contribution in [2.45, 2.75) is 6.54 Å². The van der Waals surface area contributed by atoms with E-state index >= 15 is 0 Å². The molecule has 0 fully saturated rings. The SMILES string of the molecule is COCCNC(=O)c1ccc(-c2cc3ccccc3o2)nc1NCc1cccnc1. The Bertz CT molecular complexity index is 1110. The Kier molecular flexibility index (Phi) is 6.01. The summed E-state index contributed by atoms with van der Waals surface area (Å²) in [4.78, 5) is 21.5. The molecule has 0 aliphatic carbocycles. The molecule has 0 saturated carbocycles. The van der Waals surface area contributed by atoms with Gasteiger partial charge in [0, 0.05) is 38.0 Å². The van der Waals surface area contributed by atoms with Crippen molar-refractivity contribution in [2.24, 2.45) is 0 Å². The summed E-state index contributed by atoms with van der Waals surface area (Å²) in [6.07, 6.45) is 3.49. The number of benzene rings is 1. The predicted molar refractivity (Wildman–Crippen MR) is 115 cm³/mol. The number of nitrogens with zero attached hydrogens (tertiary/aromatic N) is 2. The highest BCUT2D eigenvalue weighted by Gasteiger charge is 2.16. The van der Waals surface area contributed by atoms with Crippen molar-refractivity contribution in [1.82, 2.24) is 15.3 Å². The Morgan fingerprint density at radius 2 is 2.03 bits per heavy atom. The van der Waals surface area contributed by atoms with Gasteiger partial charge in [0.25, 0.3) is 5.91 Å². The fourth-order valence-corrected chi connectivity index (χ4v) is 3.07. The first kappa shape index (κ1) is 19.6. The minimum absolute atomic E-state index is 0.218. The number of rotatable bonds is 8. The van der Waals surface area contributed by atoms with Gasteiger partial charge in [0.1, 0.15) is 17.1 Å². The Morgan fingerprint density at radius 3 is 2.83 bits per heavy atom. The number of nitrogens with one attached hydrogen (secondary N) is 2. The lowest BCUT2D eigenvalue weighted by atomic mass is 10.1. The molecule has 0 bridgehead atoms. The Balaban J connectivity index is 1.64. The summed E-state index contributed by atoms with van der Waals surface area (Å²) in [6, 6.07) is 17.1. The van der Waals surface area contributed by atoms with E-state index in [9.17, 15) is 4.79 Å². The zero-order valence-corrected chi connectivity index (χ0v) is 16.6. The lowest BCUT2D eigenvalue weighted by Crippen LogP contribution is -2.28. The normalized spacial score (nSPS) is 10.8. The van der Waals surface area contributed by atoms with Crippen LogP contribution in [-0.4, -0.2) is 36.1 Å². The number of pyridine rings is 2. The number of carbonyl (C=O) groups excluding carboxylic acids is 1. The smallest absolute Gasteiger partial charge is 0.255 e. The van der Waals surface area contributed by atoms with Gasteiger partial charge in [0.2, 0.25) is 0 Å². The second-order valence-electron chi connectivity index (χ2n) is 6.70. The Morgan fingerprint density at radius 1 is 1.13 bits per heavy atom. The average Bonchev–Trinajstić information content (AvgIpc) is 3.23. The van der Waals surface area contributed by atoms with E-state index < -0.39 is 0 Å². The van der Waals surface area contributed by atoms with Crippen molar-refractivity contribution in [3.8, 4) is 11.5 Å². The number of aromatic nitrogens is 2. The first-order valence-corrected chi connectivity index (χ1v) is 9.64. The van der Waals surface area contributed by atoms with E-state index in [2.05, 4.69) is 20.6 Å². The fourth-order valence-electron chi connectivity index (χ4n) is 3.07. The van der Waals surface area contributed by atoms with Crippen LogP contribution < -0.4 is 10.6 Å². The van der Waals surface area contributed by atoms with Gasteiger partial charge in [0.05, 0.1) is 12.2 Å². The van der Waals surface area contributed by atoms with Crippen LogP contribution in [0, 0.1) is 0 Å². The van der Waals surface area contributed by atoms with Crippen LogP contribution in [-0.2, 0) is 11.3 Å². The maximum Gasteiger partial charge on any atom is 0.255 e. The van der Waals surface area contributed by atoms with Gasteiger partial charge >= 0.3 is 0 Å². The maximum absolute atomic E-state index is 12.7. The largest absolute Gasteiger partial charge is 0.454 e. The fraction of sp³-hybridized carbons (Fsp3) is 0.174. The number of fused-ring (bicyclic) bond motifs is 1. The van der Waals surface area contributed by atoms with E-state index in [1.54, 1.807) is 31.6 Å². The predicted octanol–water partition coefficient (Wildman–Crippen LogP) is 3.88. The van der Waals surface area contributed by atoms with Crippen LogP contribution in [0.2, 0.25) is 0 Å². The molecule has 7 nitrogen and oxygen atoms in total. The highest BCUT2D eigenvalue weighted by atomic mass is 16.5. The van der Waals surface area contributed by atoms with Crippen molar-refractivity contribution in [3.05, 3.63) is 78.1 Å². The molecule has 1 amide bonds. The quantitative estimate of drug-likeness (QED) is 0.435. The van der Waals surface area contributed by atoms with E-state index in [1.807, 2.05) is 42.5 Å². The van der Waals surface area contributed by atoms with Crippen molar-refractivity contribution >= 4 is 22.7 Å². The van der Waals surface area contributed by atoms with Crippen molar-refractivity contribution in [2.75, 3.05) is 25.6 Å². The van der Waals surface area contributed by atoms with Crippen molar-refractivity contribution in [3.63, 3.8) is 0 Å². The molecule has 4 aromatic rings. The van der Waals surface area contributed by atoms with E-state index in [0.717, 1.165) is 16.5 Å². The van der Waals surface area contributed by atoms with E-state index in [1.165, 1.54) is 0 Å². The summed E-state index contributed by atoms with van der Waals surface area (Å²) >= 11 is 0. The van der Waals surface area contributed by atoms with Gasteiger partial charge in [-0.25, -0.2) is 4.98 Å². The minimum atomic E-state index is -0.218. The summed E-state index contributed by atoms with van der Waals surface area (Å²) in [5, 5.41) is 7.10. The lowest BCUT2D eigenvalue weighted by Gasteiger charge is -2.12. The Hall–Kier alpha value is -3.71. The molecular weight excluding hydrogens is 380 g/mol. The van der Waals surface area contributed by atoms with Crippen LogP contribution in [0.15, 0.2) is 71.4 Å². The van der Waals surface area contributed by atoms with Crippen LogP contribution in [0.1, 0.15) is 15.9 Å². The molecule has 30 heavy (non-hydrogen) atoms. The zero-order chi connectivity index (χ0) is 20.8. The number of ether oxygens (including phenoxy) is 1. The standard InChI is InChI=1S/C23H22N4O3/c1-29-12-11-25-23(28)18-8-9-19(21-13-17-6-2-3-7-20(17)30-21)27-22(18)26-15-16-5-4-10-24-14-16/h2-10,13-14H,11-12,15H2,1H3,(H,25,28)(H,26,27). The molecule has 0 radical (unpaired) electrons. The van der Waals surface area contributed by atoms with Gasteiger partial charge in [-0.2, -0.15) is 0 Å². The van der Waals surface area contributed by atoms with E-state index in [0.29, 0.717) is 42.5 Å². The van der Waals surface area contributed by atoms with Gasteiger partial charge in [0.15, 0.2) is 5.76 Å². The Labute approximate surface area is 174 Å². The molecule has 152 valence electrons. The van der Waals surface area contributed by atoms with Crippen LogP contribution in [0.5, 0.6) is 0 Å². The maximum atomic E-state index is 12.7. The summed E-state index contributed by atoms with van der Waals surface area (Å²) < 4.78 is 10.9. The summed E-state index contributed by atoms with van der Waals surface area (Å²) in [7, 11) is 1.59. The van der Waals surface area contributed by atoms with Gasteiger partial charge in [-0.3, -0.25) is 9.78 Å². The van der Waals surface area contributed by atoms with E-state index in [4.69, 9.17) is 9.15 Å². The molecule has 0 atom stereocenters. The third kappa shape index (κ3) is 4.47. The minimum Gasteiger partial charge on any atom is -0.454 e. The summed E-state index contributed by atoms with van der Waals surface area (Å²) in [6.45, 7) is 1.35.